The molecule has 0 aliphatic carbocycles. The van der Waals surface area contributed by atoms with Crippen LogP contribution in [-0.2, 0) is 20.8 Å². The van der Waals surface area contributed by atoms with Gasteiger partial charge >= 0.3 is 0 Å². The molecule has 0 bridgehead atoms. The van der Waals surface area contributed by atoms with Crippen molar-refractivity contribution in [2.24, 2.45) is 0 Å². The summed E-state index contributed by atoms with van der Waals surface area (Å²) in [5, 5.41) is 10.1. The Hall–Kier alpha value is -3.37. The standard InChI is InChI=1S/C22H22N4O4S2/c1-14(27)23-15-3-5-16(6-4-15)24-20(28)11-18-12-31-22(26-18)32-13-21(29)25-17-7-9-19(30-2)10-8-17/h3-10,12H,11,13H2,1-2H3,(H,23,27)(H,24,28)(H,25,29). The average molecular weight is 471 g/mol. The van der Waals surface area contributed by atoms with Crippen LogP contribution in [0.1, 0.15) is 12.6 Å². The Morgan fingerprint density at radius 1 is 0.906 bits per heavy atom. The fraction of sp³-hybridized carbons (Fsp3) is 0.182. The smallest absolute Gasteiger partial charge is 0.234 e. The van der Waals surface area contributed by atoms with Gasteiger partial charge in [-0.2, -0.15) is 0 Å². The van der Waals surface area contributed by atoms with Crippen molar-refractivity contribution in [3.63, 3.8) is 0 Å². The number of hydrogen-bond acceptors (Lipinski definition) is 7. The SMILES string of the molecule is COc1ccc(NC(=O)CSc2nc(CC(=O)Nc3ccc(NC(C)=O)cc3)cs2)cc1. The largest absolute Gasteiger partial charge is 0.497 e. The fourth-order valence-electron chi connectivity index (χ4n) is 2.64. The maximum atomic E-state index is 12.3. The van der Waals surface area contributed by atoms with Gasteiger partial charge in [0.2, 0.25) is 17.7 Å². The van der Waals surface area contributed by atoms with E-state index in [1.54, 1.807) is 55.6 Å². The molecular formula is C22H22N4O4S2. The number of hydrogen-bond donors (Lipinski definition) is 3. The summed E-state index contributed by atoms with van der Waals surface area (Å²) in [7, 11) is 1.59. The molecule has 3 aromatic rings. The summed E-state index contributed by atoms with van der Waals surface area (Å²) in [6.07, 6.45) is 0.128. The zero-order valence-electron chi connectivity index (χ0n) is 17.5. The minimum atomic E-state index is -0.198. The molecule has 0 atom stereocenters. The molecule has 1 heterocycles. The second-order valence-electron chi connectivity index (χ2n) is 6.65. The van der Waals surface area contributed by atoms with Crippen LogP contribution in [0, 0.1) is 0 Å². The zero-order chi connectivity index (χ0) is 22.9. The predicted molar refractivity (Wildman–Crippen MR) is 128 cm³/mol. The quantitative estimate of drug-likeness (QED) is 0.408. The Morgan fingerprint density at radius 2 is 1.47 bits per heavy atom. The Bertz CT molecular complexity index is 1080. The number of nitrogens with zero attached hydrogens (tertiary/aromatic N) is 1. The molecule has 0 spiro atoms. The fourth-order valence-corrected chi connectivity index (χ4v) is 4.29. The summed E-state index contributed by atoms with van der Waals surface area (Å²) >= 11 is 2.71. The van der Waals surface area contributed by atoms with Gasteiger partial charge in [-0.25, -0.2) is 4.98 Å². The summed E-state index contributed by atoms with van der Waals surface area (Å²) < 4.78 is 5.81. The number of rotatable bonds is 9. The van der Waals surface area contributed by atoms with Gasteiger partial charge in [0.25, 0.3) is 0 Å². The first-order valence-electron chi connectivity index (χ1n) is 9.60. The first-order valence-corrected chi connectivity index (χ1v) is 11.5. The Labute approximate surface area is 193 Å². The number of aromatic nitrogens is 1. The highest BCUT2D eigenvalue weighted by Crippen LogP contribution is 2.24. The molecule has 0 unspecified atom stereocenters. The lowest BCUT2D eigenvalue weighted by Gasteiger charge is -2.06. The van der Waals surface area contributed by atoms with E-state index in [2.05, 4.69) is 20.9 Å². The van der Waals surface area contributed by atoms with Crippen molar-refractivity contribution in [3.8, 4) is 5.75 Å². The van der Waals surface area contributed by atoms with Crippen LogP contribution in [0.2, 0.25) is 0 Å². The van der Waals surface area contributed by atoms with Gasteiger partial charge in [0.05, 0.1) is 25.0 Å². The van der Waals surface area contributed by atoms with Gasteiger partial charge in [-0.3, -0.25) is 14.4 Å². The molecule has 3 amide bonds. The lowest BCUT2D eigenvalue weighted by atomic mass is 10.2. The predicted octanol–water partition coefficient (Wildman–Crippen LogP) is 4.02. The van der Waals surface area contributed by atoms with E-state index in [0.29, 0.717) is 22.8 Å². The van der Waals surface area contributed by atoms with Crippen LogP contribution >= 0.6 is 23.1 Å². The van der Waals surface area contributed by atoms with E-state index in [1.165, 1.54) is 30.0 Å². The highest BCUT2D eigenvalue weighted by Gasteiger charge is 2.11. The lowest BCUT2D eigenvalue weighted by molar-refractivity contribution is -0.116. The molecule has 0 saturated carbocycles. The van der Waals surface area contributed by atoms with Gasteiger partial charge in [-0.1, -0.05) is 11.8 Å². The highest BCUT2D eigenvalue weighted by molar-refractivity contribution is 8.01. The average Bonchev–Trinajstić information content (AvgIpc) is 3.21. The minimum Gasteiger partial charge on any atom is -0.497 e. The van der Waals surface area contributed by atoms with Gasteiger partial charge in [0.15, 0.2) is 4.34 Å². The topological polar surface area (TPSA) is 109 Å². The molecule has 0 fully saturated rings. The molecule has 32 heavy (non-hydrogen) atoms. The molecule has 0 aliphatic heterocycles. The molecule has 3 rings (SSSR count). The summed E-state index contributed by atoms with van der Waals surface area (Å²) in [6, 6.07) is 14.0. The van der Waals surface area contributed by atoms with E-state index >= 15 is 0 Å². The molecule has 2 aromatic carbocycles. The van der Waals surface area contributed by atoms with Crippen molar-refractivity contribution in [2.75, 3.05) is 28.8 Å². The second kappa shape index (κ2) is 11.3. The third kappa shape index (κ3) is 7.40. The van der Waals surface area contributed by atoms with E-state index in [0.717, 1.165) is 10.1 Å². The van der Waals surface area contributed by atoms with Crippen molar-refractivity contribution in [1.29, 1.82) is 0 Å². The second-order valence-corrected chi connectivity index (χ2v) is 8.73. The molecule has 166 valence electrons. The van der Waals surface area contributed by atoms with Gasteiger partial charge in [0.1, 0.15) is 5.75 Å². The first kappa shape index (κ1) is 23.3. The number of amides is 3. The number of methoxy groups -OCH3 is 1. The minimum absolute atomic E-state index is 0.128. The van der Waals surface area contributed by atoms with Crippen LogP contribution in [0.5, 0.6) is 5.75 Å². The summed E-state index contributed by atoms with van der Waals surface area (Å²) in [6.45, 7) is 1.43. The van der Waals surface area contributed by atoms with Gasteiger partial charge in [0, 0.05) is 29.4 Å². The van der Waals surface area contributed by atoms with E-state index in [9.17, 15) is 14.4 Å². The van der Waals surface area contributed by atoms with E-state index < -0.39 is 0 Å². The number of thioether (sulfide) groups is 1. The molecule has 0 saturated heterocycles. The van der Waals surface area contributed by atoms with Crippen LogP contribution in [0.4, 0.5) is 17.1 Å². The Balaban J connectivity index is 1.44. The van der Waals surface area contributed by atoms with Crippen LogP contribution in [0.25, 0.3) is 0 Å². The number of carbonyl (C=O) groups excluding carboxylic acids is 3. The molecule has 10 heteroatoms. The summed E-state index contributed by atoms with van der Waals surface area (Å²) in [4.78, 5) is 39.9. The number of thiazole rings is 1. The Kier molecular flexibility index (Phi) is 8.23. The molecular weight excluding hydrogens is 448 g/mol. The number of nitrogens with one attached hydrogen (secondary N) is 3. The van der Waals surface area contributed by atoms with Crippen LogP contribution in [0.3, 0.4) is 0 Å². The normalized spacial score (nSPS) is 10.3. The van der Waals surface area contributed by atoms with Gasteiger partial charge in [-0.05, 0) is 48.5 Å². The van der Waals surface area contributed by atoms with Crippen molar-refractivity contribution in [2.45, 2.75) is 17.7 Å². The molecule has 3 N–H and O–H groups in total. The van der Waals surface area contributed by atoms with Crippen molar-refractivity contribution >= 4 is 57.9 Å². The number of ether oxygens (including phenoxy) is 1. The maximum absolute atomic E-state index is 12.3. The number of benzene rings is 2. The van der Waals surface area contributed by atoms with E-state index in [1.807, 2.05) is 5.38 Å². The van der Waals surface area contributed by atoms with Crippen LogP contribution in [0.15, 0.2) is 58.3 Å². The third-order valence-electron chi connectivity index (χ3n) is 4.06. The summed E-state index contributed by atoms with van der Waals surface area (Å²) in [5.74, 6) is 0.441. The summed E-state index contributed by atoms with van der Waals surface area (Å²) in [5.41, 5.74) is 2.62. The third-order valence-corrected chi connectivity index (χ3v) is 6.13. The number of anilines is 3. The van der Waals surface area contributed by atoms with Crippen LogP contribution in [-0.4, -0.2) is 35.6 Å². The first-order chi connectivity index (χ1) is 15.4. The van der Waals surface area contributed by atoms with E-state index in [4.69, 9.17) is 4.74 Å². The zero-order valence-corrected chi connectivity index (χ0v) is 19.1. The lowest BCUT2D eigenvalue weighted by Crippen LogP contribution is -2.15. The Morgan fingerprint density at radius 3 is 2.06 bits per heavy atom. The molecule has 0 radical (unpaired) electrons. The van der Waals surface area contributed by atoms with Crippen molar-refractivity contribution in [1.82, 2.24) is 4.98 Å². The number of carbonyl (C=O) groups is 3. The monoisotopic (exact) mass is 470 g/mol. The van der Waals surface area contributed by atoms with Gasteiger partial charge < -0.3 is 20.7 Å². The molecule has 1 aromatic heterocycles. The molecule has 0 aliphatic rings. The van der Waals surface area contributed by atoms with Crippen molar-refractivity contribution < 1.29 is 19.1 Å². The van der Waals surface area contributed by atoms with E-state index in [-0.39, 0.29) is 29.9 Å². The maximum Gasteiger partial charge on any atom is 0.234 e. The van der Waals surface area contributed by atoms with Crippen LogP contribution < -0.4 is 20.7 Å². The van der Waals surface area contributed by atoms with Gasteiger partial charge in [-0.15, -0.1) is 11.3 Å². The van der Waals surface area contributed by atoms with Crippen molar-refractivity contribution in [3.05, 3.63) is 59.6 Å². The highest BCUT2D eigenvalue weighted by atomic mass is 32.2. The molecule has 8 nitrogen and oxygen atoms in total.